The Balaban J connectivity index is 1.62. The fourth-order valence-corrected chi connectivity index (χ4v) is 3.18. The van der Waals surface area contributed by atoms with Crippen molar-refractivity contribution in [2.75, 3.05) is 16.8 Å². The molecule has 2 amide bonds. The molecule has 6 nitrogen and oxygen atoms in total. The molecule has 1 aliphatic rings. The number of ether oxygens (including phenoxy) is 1. The van der Waals surface area contributed by atoms with Crippen LogP contribution in [0.15, 0.2) is 48.5 Å². The summed E-state index contributed by atoms with van der Waals surface area (Å²) >= 11 is 5.99. The van der Waals surface area contributed by atoms with E-state index in [-0.39, 0.29) is 24.3 Å². The van der Waals surface area contributed by atoms with Crippen LogP contribution in [0.2, 0.25) is 5.02 Å². The standard InChI is InChI=1S/C21H21ClN2O4/c1-13(2)28-21(27)14-6-8-17(9-7-14)23-20(26)15-10-19(25)24(12-15)18-5-3-4-16(22)11-18/h3-9,11,13,15H,10,12H2,1-2H3,(H,23,26)/t15-/m1/s1. The fourth-order valence-electron chi connectivity index (χ4n) is 2.99. The van der Waals surface area contributed by atoms with Crippen LogP contribution in [0.1, 0.15) is 30.6 Å². The molecule has 1 heterocycles. The van der Waals surface area contributed by atoms with E-state index < -0.39 is 11.9 Å². The molecule has 28 heavy (non-hydrogen) atoms. The molecule has 0 aromatic heterocycles. The Labute approximate surface area is 168 Å². The van der Waals surface area contributed by atoms with Gasteiger partial charge in [-0.05, 0) is 56.3 Å². The number of carbonyl (C=O) groups is 3. The summed E-state index contributed by atoms with van der Waals surface area (Å²) in [4.78, 5) is 38.3. The molecule has 2 aromatic carbocycles. The average molecular weight is 401 g/mol. The second-order valence-corrected chi connectivity index (χ2v) is 7.34. The van der Waals surface area contributed by atoms with Crippen LogP contribution in [0.3, 0.4) is 0 Å². The van der Waals surface area contributed by atoms with Crippen LogP contribution in [0.4, 0.5) is 11.4 Å². The van der Waals surface area contributed by atoms with E-state index in [1.54, 1.807) is 67.3 Å². The van der Waals surface area contributed by atoms with Crippen LogP contribution in [-0.2, 0) is 14.3 Å². The van der Waals surface area contributed by atoms with Gasteiger partial charge in [0, 0.05) is 29.4 Å². The molecular formula is C21H21ClN2O4. The molecule has 146 valence electrons. The van der Waals surface area contributed by atoms with Crippen molar-refractivity contribution in [3.05, 3.63) is 59.1 Å². The van der Waals surface area contributed by atoms with Crippen molar-refractivity contribution in [3.63, 3.8) is 0 Å². The summed E-state index contributed by atoms with van der Waals surface area (Å²) in [5.74, 6) is -1.23. The van der Waals surface area contributed by atoms with Crippen LogP contribution in [0.25, 0.3) is 0 Å². The van der Waals surface area contributed by atoms with E-state index in [4.69, 9.17) is 16.3 Å². The lowest BCUT2D eigenvalue weighted by molar-refractivity contribution is -0.122. The number of benzene rings is 2. The van der Waals surface area contributed by atoms with Crippen molar-refractivity contribution < 1.29 is 19.1 Å². The van der Waals surface area contributed by atoms with Crippen LogP contribution in [-0.4, -0.2) is 30.4 Å². The number of nitrogens with zero attached hydrogens (tertiary/aromatic N) is 1. The highest BCUT2D eigenvalue weighted by molar-refractivity contribution is 6.31. The molecule has 1 N–H and O–H groups in total. The van der Waals surface area contributed by atoms with Gasteiger partial charge in [-0.25, -0.2) is 4.79 Å². The maximum absolute atomic E-state index is 12.6. The van der Waals surface area contributed by atoms with E-state index in [0.717, 1.165) is 0 Å². The Morgan fingerprint density at radius 2 is 1.89 bits per heavy atom. The maximum atomic E-state index is 12.6. The van der Waals surface area contributed by atoms with Crippen molar-refractivity contribution in [1.29, 1.82) is 0 Å². The number of esters is 1. The van der Waals surface area contributed by atoms with Crippen LogP contribution in [0, 0.1) is 5.92 Å². The number of anilines is 2. The second kappa shape index (κ2) is 8.44. The number of hydrogen-bond acceptors (Lipinski definition) is 4. The third kappa shape index (κ3) is 4.70. The van der Waals surface area contributed by atoms with Gasteiger partial charge in [0.2, 0.25) is 11.8 Å². The van der Waals surface area contributed by atoms with E-state index >= 15 is 0 Å². The number of amides is 2. The van der Waals surface area contributed by atoms with Gasteiger partial charge >= 0.3 is 5.97 Å². The first-order valence-corrected chi connectivity index (χ1v) is 9.39. The van der Waals surface area contributed by atoms with E-state index in [1.807, 2.05) is 0 Å². The zero-order chi connectivity index (χ0) is 20.3. The highest BCUT2D eigenvalue weighted by Gasteiger charge is 2.35. The van der Waals surface area contributed by atoms with Gasteiger partial charge in [0.1, 0.15) is 0 Å². The molecular weight excluding hydrogens is 380 g/mol. The highest BCUT2D eigenvalue weighted by atomic mass is 35.5. The molecule has 0 spiro atoms. The van der Waals surface area contributed by atoms with Crippen molar-refractivity contribution in [2.24, 2.45) is 5.92 Å². The van der Waals surface area contributed by atoms with Crippen molar-refractivity contribution >= 4 is 40.8 Å². The molecule has 1 saturated heterocycles. The van der Waals surface area contributed by atoms with Gasteiger partial charge in [0.05, 0.1) is 17.6 Å². The van der Waals surface area contributed by atoms with Gasteiger partial charge < -0.3 is 15.0 Å². The predicted molar refractivity (Wildman–Crippen MR) is 108 cm³/mol. The number of halogens is 1. The lowest BCUT2D eigenvalue weighted by Gasteiger charge is -2.17. The van der Waals surface area contributed by atoms with E-state index in [1.165, 1.54) is 0 Å². The second-order valence-electron chi connectivity index (χ2n) is 6.91. The normalized spacial score (nSPS) is 16.4. The van der Waals surface area contributed by atoms with Crippen LogP contribution >= 0.6 is 11.6 Å². The summed E-state index contributed by atoms with van der Waals surface area (Å²) in [6, 6.07) is 13.5. The molecule has 7 heteroatoms. The third-order valence-electron chi connectivity index (χ3n) is 4.35. The summed E-state index contributed by atoms with van der Waals surface area (Å²) in [5, 5.41) is 3.34. The van der Waals surface area contributed by atoms with Crippen molar-refractivity contribution in [1.82, 2.24) is 0 Å². The Kier molecular flexibility index (Phi) is 5.99. The first-order valence-electron chi connectivity index (χ1n) is 9.01. The zero-order valence-electron chi connectivity index (χ0n) is 15.6. The molecule has 0 unspecified atom stereocenters. The van der Waals surface area contributed by atoms with Crippen molar-refractivity contribution in [2.45, 2.75) is 26.4 Å². The Hall–Kier alpha value is -2.86. The van der Waals surface area contributed by atoms with E-state index in [0.29, 0.717) is 28.5 Å². The van der Waals surface area contributed by atoms with Gasteiger partial charge in [-0.15, -0.1) is 0 Å². The summed E-state index contributed by atoms with van der Waals surface area (Å²) in [5.41, 5.74) is 1.65. The highest BCUT2D eigenvalue weighted by Crippen LogP contribution is 2.28. The number of hydrogen-bond donors (Lipinski definition) is 1. The summed E-state index contributed by atoms with van der Waals surface area (Å²) in [6.07, 6.45) is -0.0637. The van der Waals surface area contributed by atoms with E-state index in [2.05, 4.69) is 5.32 Å². The molecule has 0 saturated carbocycles. The van der Waals surface area contributed by atoms with Gasteiger partial charge in [0.25, 0.3) is 0 Å². The monoisotopic (exact) mass is 400 g/mol. The number of rotatable bonds is 5. The molecule has 0 aliphatic carbocycles. The summed E-state index contributed by atoms with van der Waals surface area (Å²) < 4.78 is 5.13. The lowest BCUT2D eigenvalue weighted by atomic mass is 10.1. The molecule has 0 bridgehead atoms. The SMILES string of the molecule is CC(C)OC(=O)c1ccc(NC(=O)[C@@H]2CC(=O)N(c3cccc(Cl)c3)C2)cc1. The Bertz CT molecular complexity index is 896. The molecule has 1 atom stereocenters. The Morgan fingerprint density at radius 3 is 2.54 bits per heavy atom. The molecule has 1 aliphatic heterocycles. The van der Waals surface area contributed by atoms with Gasteiger partial charge in [-0.2, -0.15) is 0 Å². The predicted octanol–water partition coefficient (Wildman–Crippen LogP) is 3.90. The van der Waals surface area contributed by atoms with Gasteiger partial charge in [-0.1, -0.05) is 17.7 Å². The van der Waals surface area contributed by atoms with Crippen LogP contribution < -0.4 is 10.2 Å². The average Bonchev–Trinajstić information content (AvgIpc) is 3.03. The topological polar surface area (TPSA) is 75.7 Å². The fraction of sp³-hybridized carbons (Fsp3) is 0.286. The summed E-state index contributed by atoms with van der Waals surface area (Å²) in [6.45, 7) is 3.86. The number of carbonyl (C=O) groups excluding carboxylic acids is 3. The van der Waals surface area contributed by atoms with E-state index in [9.17, 15) is 14.4 Å². The van der Waals surface area contributed by atoms with Gasteiger partial charge in [0.15, 0.2) is 0 Å². The lowest BCUT2D eigenvalue weighted by Crippen LogP contribution is -2.28. The smallest absolute Gasteiger partial charge is 0.338 e. The van der Waals surface area contributed by atoms with Crippen LogP contribution in [0.5, 0.6) is 0 Å². The molecule has 0 radical (unpaired) electrons. The maximum Gasteiger partial charge on any atom is 0.338 e. The quantitative estimate of drug-likeness (QED) is 0.772. The molecule has 3 rings (SSSR count). The minimum Gasteiger partial charge on any atom is -0.459 e. The zero-order valence-corrected chi connectivity index (χ0v) is 16.4. The summed E-state index contributed by atoms with van der Waals surface area (Å²) in [7, 11) is 0. The first-order chi connectivity index (χ1) is 13.3. The number of nitrogens with one attached hydrogen (secondary N) is 1. The third-order valence-corrected chi connectivity index (χ3v) is 4.58. The minimum absolute atomic E-state index is 0.116. The van der Waals surface area contributed by atoms with Crippen molar-refractivity contribution in [3.8, 4) is 0 Å². The molecule has 1 fully saturated rings. The van der Waals surface area contributed by atoms with Gasteiger partial charge in [-0.3, -0.25) is 9.59 Å². The molecule has 2 aromatic rings. The minimum atomic E-state index is -0.461. The largest absolute Gasteiger partial charge is 0.459 e. The first kappa shape index (κ1) is 19.9. The Morgan fingerprint density at radius 1 is 1.18 bits per heavy atom.